The highest BCUT2D eigenvalue weighted by atomic mass is 31.2. The van der Waals surface area contributed by atoms with E-state index in [0.717, 1.165) is 30.4 Å². The summed E-state index contributed by atoms with van der Waals surface area (Å²) < 4.78 is 28.4. The van der Waals surface area contributed by atoms with E-state index in [9.17, 15) is 4.57 Å². The Morgan fingerprint density at radius 2 is 1.14 bits per heavy atom. The first kappa shape index (κ1) is 23.4. The minimum absolute atomic E-state index is 0.220. The van der Waals surface area contributed by atoms with E-state index in [1.165, 1.54) is 19.3 Å². The molecule has 0 saturated heterocycles. The molecule has 2 aromatic carbocycles. The molecule has 0 aromatic heterocycles. The molecular weight excluding hydrogens is 391 g/mol. The van der Waals surface area contributed by atoms with Gasteiger partial charge in [0.1, 0.15) is 0 Å². The monoisotopic (exact) mass is 422 g/mol. The fraction of sp³-hybridized carbons (Fsp3) is 0.455. The number of rotatable bonds is 14. The number of aryl methyl sites for hydroxylation is 2. The summed E-state index contributed by atoms with van der Waals surface area (Å²) >= 11 is 0. The number of phosphoric acid groups is 1. The van der Waals surface area contributed by atoms with Crippen molar-refractivity contribution in [2.24, 2.45) is 0 Å². The van der Waals surface area contributed by atoms with Crippen LogP contribution in [0.1, 0.15) is 56.6 Å². The van der Waals surface area contributed by atoms with Crippen LogP contribution in [0.25, 0.3) is 0 Å². The summed E-state index contributed by atoms with van der Waals surface area (Å²) in [6.45, 7) is 6.31. The van der Waals surface area contributed by atoms with Gasteiger partial charge in [0.15, 0.2) is 11.5 Å². The van der Waals surface area contributed by atoms with Gasteiger partial charge in [-0.1, -0.05) is 83.8 Å². The Bertz CT molecular complexity index is 691. The van der Waals surface area contributed by atoms with Gasteiger partial charge in [-0.3, -0.25) is 4.52 Å². The van der Waals surface area contributed by atoms with Crippen molar-refractivity contribution < 1.29 is 28.2 Å². The molecule has 0 radical (unpaired) electrons. The van der Waals surface area contributed by atoms with Crippen LogP contribution in [0.2, 0.25) is 0 Å². The van der Waals surface area contributed by atoms with Gasteiger partial charge in [-0.2, -0.15) is 0 Å². The van der Waals surface area contributed by atoms with Crippen molar-refractivity contribution in [3.8, 4) is 11.5 Å². The Balaban J connectivity index is 1.88. The maximum absolute atomic E-state index is 12.9. The molecule has 2 rings (SSSR count). The quantitative estimate of drug-likeness (QED) is 0.140. The molecule has 0 N–H and O–H groups in total. The normalized spacial score (nSPS) is 11.4. The zero-order valence-electron chi connectivity index (χ0n) is 17.5. The van der Waals surface area contributed by atoms with Gasteiger partial charge in [0.05, 0.1) is 6.61 Å². The lowest BCUT2D eigenvalue weighted by Gasteiger charge is -2.16. The molecule has 6 nitrogen and oxygen atoms in total. The Morgan fingerprint density at radius 3 is 1.62 bits per heavy atom. The predicted molar refractivity (Wildman–Crippen MR) is 113 cm³/mol. The van der Waals surface area contributed by atoms with E-state index in [4.69, 9.17) is 23.6 Å². The van der Waals surface area contributed by atoms with Crippen molar-refractivity contribution >= 4 is 7.82 Å². The number of hydrogen-bond donors (Lipinski definition) is 0. The maximum atomic E-state index is 12.9. The second-order valence-corrected chi connectivity index (χ2v) is 8.44. The summed E-state index contributed by atoms with van der Waals surface area (Å²) in [7, 11) is -4.08. The summed E-state index contributed by atoms with van der Waals surface area (Å²) in [5.41, 5.74) is 2.14. The van der Waals surface area contributed by atoms with Gasteiger partial charge < -0.3 is 9.78 Å². The molecule has 0 amide bonds. The molecular formula is C22H31O6P. The standard InChI is InChI=1S/C22H31O6P/c1-4-5-6-7-8-9-18-24-29(23,27-25-21-14-10-19(2)11-15-21)28-26-22-16-12-20(3)13-17-22/h10-17H,4-9,18H2,1-3H3. The molecule has 2 aromatic rings. The average molecular weight is 422 g/mol. The Kier molecular flexibility index (Phi) is 10.2. The van der Waals surface area contributed by atoms with Crippen molar-refractivity contribution in [1.82, 2.24) is 0 Å². The van der Waals surface area contributed by atoms with Crippen LogP contribution in [0.3, 0.4) is 0 Å². The molecule has 0 unspecified atom stereocenters. The van der Waals surface area contributed by atoms with E-state index in [1.807, 2.05) is 38.1 Å². The molecule has 160 valence electrons. The molecule has 0 fully saturated rings. The van der Waals surface area contributed by atoms with Crippen molar-refractivity contribution in [2.75, 3.05) is 6.61 Å². The van der Waals surface area contributed by atoms with E-state index >= 15 is 0 Å². The molecule has 0 saturated carbocycles. The van der Waals surface area contributed by atoms with E-state index in [-0.39, 0.29) is 6.61 Å². The average Bonchev–Trinajstić information content (AvgIpc) is 2.72. The lowest BCUT2D eigenvalue weighted by atomic mass is 10.1. The Labute approximate surface area is 173 Å². The molecule has 0 spiro atoms. The Hall–Kier alpha value is -1.85. The molecule has 0 aliphatic carbocycles. The third-order valence-electron chi connectivity index (χ3n) is 4.24. The van der Waals surface area contributed by atoms with Crippen LogP contribution >= 0.6 is 7.82 Å². The van der Waals surface area contributed by atoms with Crippen molar-refractivity contribution in [1.29, 1.82) is 0 Å². The summed E-state index contributed by atoms with van der Waals surface area (Å²) in [6.07, 6.45) is 6.45. The van der Waals surface area contributed by atoms with Gasteiger partial charge >= 0.3 is 7.82 Å². The van der Waals surface area contributed by atoms with Crippen LogP contribution in [-0.2, 0) is 18.4 Å². The number of hydrogen-bond acceptors (Lipinski definition) is 6. The van der Waals surface area contributed by atoms with Crippen LogP contribution in [0.5, 0.6) is 11.5 Å². The van der Waals surface area contributed by atoms with Crippen LogP contribution in [0.15, 0.2) is 48.5 Å². The first-order chi connectivity index (χ1) is 14.0. The lowest BCUT2D eigenvalue weighted by Crippen LogP contribution is -2.07. The topological polar surface area (TPSA) is 63.2 Å². The largest absolute Gasteiger partial charge is 0.547 e. The molecule has 0 bridgehead atoms. The van der Waals surface area contributed by atoms with Gasteiger partial charge in [-0.05, 0) is 44.5 Å². The van der Waals surface area contributed by atoms with Crippen molar-refractivity contribution in [3.63, 3.8) is 0 Å². The van der Waals surface area contributed by atoms with E-state index in [2.05, 4.69) is 6.92 Å². The lowest BCUT2D eigenvalue weighted by molar-refractivity contribution is -0.192. The third kappa shape index (κ3) is 9.46. The van der Waals surface area contributed by atoms with Gasteiger partial charge in [0, 0.05) is 0 Å². The van der Waals surface area contributed by atoms with Crippen molar-refractivity contribution in [3.05, 3.63) is 59.7 Å². The summed E-state index contributed by atoms with van der Waals surface area (Å²) in [4.78, 5) is 10.3. The fourth-order valence-electron chi connectivity index (χ4n) is 2.48. The van der Waals surface area contributed by atoms with E-state index in [1.54, 1.807) is 24.3 Å². The highest BCUT2D eigenvalue weighted by molar-refractivity contribution is 7.48. The van der Waals surface area contributed by atoms with Gasteiger partial charge in [-0.25, -0.2) is 4.57 Å². The Morgan fingerprint density at radius 1 is 0.690 bits per heavy atom. The van der Waals surface area contributed by atoms with E-state index < -0.39 is 7.82 Å². The van der Waals surface area contributed by atoms with Gasteiger partial charge in [0.25, 0.3) is 0 Å². The van der Waals surface area contributed by atoms with Crippen LogP contribution in [0.4, 0.5) is 0 Å². The highest BCUT2D eigenvalue weighted by Gasteiger charge is 2.32. The molecule has 7 heteroatoms. The first-order valence-electron chi connectivity index (χ1n) is 10.1. The minimum Gasteiger partial charge on any atom is -0.327 e. The minimum atomic E-state index is -4.08. The molecule has 0 aliphatic heterocycles. The summed E-state index contributed by atoms with van der Waals surface area (Å²) in [5.74, 6) is 0.774. The molecule has 0 heterocycles. The fourth-order valence-corrected chi connectivity index (χ4v) is 3.30. The molecule has 0 atom stereocenters. The van der Waals surface area contributed by atoms with E-state index in [0.29, 0.717) is 11.5 Å². The number of benzene rings is 2. The zero-order chi connectivity index (χ0) is 21.0. The third-order valence-corrected chi connectivity index (χ3v) is 5.25. The van der Waals surface area contributed by atoms with Gasteiger partial charge in [-0.15, -0.1) is 0 Å². The highest BCUT2D eigenvalue weighted by Crippen LogP contribution is 2.50. The summed E-state index contributed by atoms with van der Waals surface area (Å²) in [6, 6.07) is 14.2. The zero-order valence-corrected chi connectivity index (χ0v) is 18.4. The summed E-state index contributed by atoms with van der Waals surface area (Å²) in [5, 5.41) is 0. The van der Waals surface area contributed by atoms with Crippen LogP contribution in [0, 0.1) is 13.8 Å². The van der Waals surface area contributed by atoms with Gasteiger partial charge in [0.2, 0.25) is 0 Å². The second kappa shape index (κ2) is 12.7. The predicted octanol–water partition coefficient (Wildman–Crippen LogP) is 7.11. The molecule has 0 aliphatic rings. The van der Waals surface area contributed by atoms with Crippen molar-refractivity contribution in [2.45, 2.75) is 59.3 Å². The second-order valence-electron chi connectivity index (χ2n) is 6.99. The smallest absolute Gasteiger partial charge is 0.327 e. The SMILES string of the molecule is CCCCCCCCOP(=O)(OOc1ccc(C)cc1)OOc1ccc(C)cc1. The van der Waals surface area contributed by atoms with Crippen LogP contribution in [-0.4, -0.2) is 6.61 Å². The number of unbranched alkanes of at least 4 members (excludes halogenated alkanes) is 5. The maximum Gasteiger partial charge on any atom is 0.547 e. The molecule has 29 heavy (non-hydrogen) atoms. The van der Waals surface area contributed by atoms with Crippen LogP contribution < -0.4 is 9.78 Å². The first-order valence-corrected chi connectivity index (χ1v) is 11.6.